The Morgan fingerprint density at radius 2 is 2.19 bits per heavy atom. The predicted molar refractivity (Wildman–Crippen MR) is 99.7 cm³/mol. The van der Waals surface area contributed by atoms with E-state index in [2.05, 4.69) is 10.1 Å². The Bertz CT molecular complexity index is 974. The van der Waals surface area contributed by atoms with Gasteiger partial charge in [-0.3, -0.25) is 14.5 Å². The third kappa shape index (κ3) is 3.25. The van der Waals surface area contributed by atoms with Gasteiger partial charge in [0.2, 0.25) is 0 Å². The normalized spacial score (nSPS) is 16.9. The Morgan fingerprint density at radius 1 is 1.35 bits per heavy atom. The van der Waals surface area contributed by atoms with Crippen LogP contribution in [0.1, 0.15) is 23.3 Å². The van der Waals surface area contributed by atoms with E-state index in [-0.39, 0.29) is 23.3 Å². The molecule has 0 aliphatic carbocycles. The van der Waals surface area contributed by atoms with Crippen molar-refractivity contribution in [2.75, 3.05) is 18.1 Å². The van der Waals surface area contributed by atoms with Crippen molar-refractivity contribution in [3.8, 4) is 0 Å². The third-order valence-corrected chi connectivity index (χ3v) is 5.41. The van der Waals surface area contributed by atoms with Crippen molar-refractivity contribution in [1.82, 2.24) is 14.8 Å². The fourth-order valence-electron chi connectivity index (χ4n) is 2.97. The van der Waals surface area contributed by atoms with E-state index in [9.17, 15) is 9.59 Å². The number of aromatic nitrogens is 3. The Labute approximate surface area is 153 Å². The summed E-state index contributed by atoms with van der Waals surface area (Å²) < 4.78 is 7.89. The fourth-order valence-corrected chi connectivity index (χ4v) is 3.94. The number of aryl methyl sites for hydroxylation is 1. The first-order valence-corrected chi connectivity index (χ1v) is 9.27. The summed E-state index contributed by atoms with van der Waals surface area (Å²) >= 11 is 1.46. The lowest BCUT2D eigenvalue weighted by Crippen LogP contribution is -2.38. The number of benzene rings is 1. The second-order valence-electron chi connectivity index (χ2n) is 6.20. The first-order chi connectivity index (χ1) is 12.6. The summed E-state index contributed by atoms with van der Waals surface area (Å²) in [5.41, 5.74) is 0.808. The number of fused-ring (bicyclic) bond motifs is 1. The van der Waals surface area contributed by atoms with E-state index in [0.717, 1.165) is 27.7 Å². The number of hydrogen-bond acceptors (Lipinski definition) is 6. The van der Waals surface area contributed by atoms with Gasteiger partial charge in [0.15, 0.2) is 5.13 Å². The van der Waals surface area contributed by atoms with Crippen LogP contribution in [0.5, 0.6) is 0 Å². The summed E-state index contributed by atoms with van der Waals surface area (Å²) in [5, 5.41) is 4.71. The molecule has 0 N–H and O–H groups in total. The van der Waals surface area contributed by atoms with E-state index in [1.54, 1.807) is 4.90 Å². The molecule has 7 nitrogen and oxygen atoms in total. The summed E-state index contributed by atoms with van der Waals surface area (Å²) in [6, 6.07) is 10.6. The fraction of sp³-hybridized carbons (Fsp3) is 0.333. The molecule has 8 heteroatoms. The highest BCUT2D eigenvalue weighted by molar-refractivity contribution is 7.22. The van der Waals surface area contributed by atoms with Gasteiger partial charge in [0.25, 0.3) is 11.5 Å². The SMILES string of the molecule is Cn1nc(C(=O)N(CC2CCCO2)c2nc3ccccc3s2)ccc1=O. The highest BCUT2D eigenvalue weighted by atomic mass is 32.1. The molecule has 134 valence electrons. The highest BCUT2D eigenvalue weighted by Crippen LogP contribution is 2.30. The molecule has 3 aromatic rings. The molecule has 1 aliphatic heterocycles. The van der Waals surface area contributed by atoms with E-state index in [1.807, 2.05) is 24.3 Å². The van der Waals surface area contributed by atoms with Crippen molar-refractivity contribution in [3.05, 3.63) is 52.4 Å². The van der Waals surface area contributed by atoms with Gasteiger partial charge in [-0.05, 0) is 31.0 Å². The lowest BCUT2D eigenvalue weighted by Gasteiger charge is -2.22. The molecule has 1 saturated heterocycles. The van der Waals surface area contributed by atoms with Gasteiger partial charge in [-0.15, -0.1) is 0 Å². The van der Waals surface area contributed by atoms with Crippen LogP contribution in [0.2, 0.25) is 0 Å². The average Bonchev–Trinajstić information content (AvgIpc) is 3.30. The number of thiazole rings is 1. The van der Waals surface area contributed by atoms with Crippen molar-refractivity contribution in [3.63, 3.8) is 0 Å². The summed E-state index contributed by atoms with van der Waals surface area (Å²) in [4.78, 5) is 30.9. The van der Waals surface area contributed by atoms with E-state index in [0.29, 0.717) is 18.3 Å². The molecule has 0 spiro atoms. The maximum absolute atomic E-state index is 13.1. The van der Waals surface area contributed by atoms with Crippen LogP contribution in [0.3, 0.4) is 0 Å². The topological polar surface area (TPSA) is 77.3 Å². The number of ether oxygens (including phenoxy) is 1. The maximum atomic E-state index is 13.1. The Kier molecular flexibility index (Phi) is 4.52. The monoisotopic (exact) mass is 370 g/mol. The first-order valence-electron chi connectivity index (χ1n) is 8.45. The van der Waals surface area contributed by atoms with Crippen molar-refractivity contribution < 1.29 is 9.53 Å². The minimum absolute atomic E-state index is 0.0153. The van der Waals surface area contributed by atoms with Crippen molar-refractivity contribution in [1.29, 1.82) is 0 Å². The predicted octanol–water partition coefficient (Wildman–Crippen LogP) is 2.22. The molecule has 1 atom stereocenters. The van der Waals surface area contributed by atoms with Gasteiger partial charge in [0.1, 0.15) is 5.69 Å². The van der Waals surface area contributed by atoms with Crippen molar-refractivity contribution in [2.24, 2.45) is 7.05 Å². The molecule has 1 aromatic carbocycles. The molecule has 1 amide bonds. The molecule has 4 rings (SSSR count). The number of para-hydroxylation sites is 1. The van der Waals surface area contributed by atoms with Crippen LogP contribution in [0.15, 0.2) is 41.2 Å². The summed E-state index contributed by atoms with van der Waals surface area (Å²) in [5.74, 6) is -0.282. The minimum Gasteiger partial charge on any atom is -0.376 e. The molecule has 3 heterocycles. The van der Waals surface area contributed by atoms with Gasteiger partial charge in [-0.25, -0.2) is 9.67 Å². The number of carbonyl (C=O) groups is 1. The molecule has 0 bridgehead atoms. The van der Waals surface area contributed by atoms with Gasteiger partial charge in [-0.1, -0.05) is 23.5 Å². The van der Waals surface area contributed by atoms with Crippen LogP contribution < -0.4 is 10.5 Å². The van der Waals surface area contributed by atoms with Crippen molar-refractivity contribution in [2.45, 2.75) is 18.9 Å². The average molecular weight is 370 g/mol. The number of anilines is 1. The number of rotatable bonds is 4. The standard InChI is InChI=1S/C18H18N4O3S/c1-21-16(23)9-8-14(20-21)17(24)22(11-12-5-4-10-25-12)18-19-13-6-2-3-7-15(13)26-18/h2-3,6-9,12H,4-5,10-11H2,1H3. The number of nitrogens with zero attached hydrogens (tertiary/aromatic N) is 4. The molecule has 26 heavy (non-hydrogen) atoms. The number of carbonyl (C=O) groups excluding carboxylic acids is 1. The Balaban J connectivity index is 1.72. The lowest BCUT2D eigenvalue weighted by atomic mass is 10.2. The Hall–Kier alpha value is -2.58. The molecule has 0 radical (unpaired) electrons. The van der Waals surface area contributed by atoms with Crippen LogP contribution in [-0.4, -0.2) is 39.9 Å². The Morgan fingerprint density at radius 3 is 2.92 bits per heavy atom. The quantitative estimate of drug-likeness (QED) is 0.704. The largest absolute Gasteiger partial charge is 0.376 e. The zero-order chi connectivity index (χ0) is 18.1. The second kappa shape index (κ2) is 6.97. The van der Waals surface area contributed by atoms with Crippen LogP contribution in [-0.2, 0) is 11.8 Å². The third-order valence-electron chi connectivity index (χ3n) is 4.35. The molecule has 2 aromatic heterocycles. The molecule has 1 unspecified atom stereocenters. The van der Waals surface area contributed by atoms with Gasteiger partial charge >= 0.3 is 0 Å². The summed E-state index contributed by atoms with van der Waals surface area (Å²) in [7, 11) is 1.53. The van der Waals surface area contributed by atoms with Gasteiger partial charge in [-0.2, -0.15) is 5.10 Å². The zero-order valence-electron chi connectivity index (χ0n) is 14.3. The van der Waals surface area contributed by atoms with Gasteiger partial charge in [0, 0.05) is 19.7 Å². The van der Waals surface area contributed by atoms with E-state index in [4.69, 9.17) is 4.74 Å². The summed E-state index contributed by atoms with van der Waals surface area (Å²) in [6.45, 7) is 1.13. The summed E-state index contributed by atoms with van der Waals surface area (Å²) in [6.07, 6.45) is 1.89. The van der Waals surface area contributed by atoms with Crippen molar-refractivity contribution >= 4 is 32.6 Å². The number of hydrogen-bond donors (Lipinski definition) is 0. The molecule has 1 aliphatic rings. The van der Waals surface area contributed by atoms with Gasteiger partial charge in [0.05, 0.1) is 22.9 Å². The zero-order valence-corrected chi connectivity index (χ0v) is 15.1. The lowest BCUT2D eigenvalue weighted by molar-refractivity contribution is 0.0911. The number of amides is 1. The maximum Gasteiger partial charge on any atom is 0.280 e. The molecule has 0 saturated carbocycles. The first kappa shape index (κ1) is 16.9. The van der Waals surface area contributed by atoms with E-state index >= 15 is 0 Å². The van der Waals surface area contributed by atoms with Crippen LogP contribution >= 0.6 is 11.3 Å². The highest BCUT2D eigenvalue weighted by Gasteiger charge is 2.28. The van der Waals surface area contributed by atoms with Gasteiger partial charge < -0.3 is 4.74 Å². The second-order valence-corrected chi connectivity index (χ2v) is 7.20. The van der Waals surface area contributed by atoms with Crippen LogP contribution in [0.4, 0.5) is 5.13 Å². The molecular formula is C18H18N4O3S. The van der Waals surface area contributed by atoms with Crippen LogP contribution in [0, 0.1) is 0 Å². The van der Waals surface area contributed by atoms with Crippen LogP contribution in [0.25, 0.3) is 10.2 Å². The van der Waals surface area contributed by atoms with E-state index in [1.165, 1.54) is 30.5 Å². The minimum atomic E-state index is -0.282. The molecular weight excluding hydrogens is 352 g/mol. The van der Waals surface area contributed by atoms with E-state index < -0.39 is 0 Å². The smallest absolute Gasteiger partial charge is 0.280 e. The molecule has 1 fully saturated rings.